The summed E-state index contributed by atoms with van der Waals surface area (Å²) in [4.78, 5) is 38.2. The zero-order chi connectivity index (χ0) is 14.9. The Balaban J connectivity index is 2.12. The SMILES string of the molecule is CN(C)C(=O)CCCN1C(=O)C(=O)c2cccc(Cl)c21. The Morgan fingerprint density at radius 3 is 2.65 bits per heavy atom. The molecule has 5 nitrogen and oxygen atoms in total. The third-order valence-corrected chi connectivity index (χ3v) is 3.52. The Morgan fingerprint density at radius 2 is 2.00 bits per heavy atom. The van der Waals surface area contributed by atoms with E-state index in [1.165, 1.54) is 9.80 Å². The number of para-hydroxylation sites is 1. The van der Waals surface area contributed by atoms with E-state index >= 15 is 0 Å². The van der Waals surface area contributed by atoms with E-state index in [9.17, 15) is 14.4 Å². The molecule has 0 aliphatic carbocycles. The second-order valence-electron chi connectivity index (χ2n) is 4.81. The molecule has 0 bridgehead atoms. The Labute approximate surface area is 122 Å². The first-order valence-corrected chi connectivity index (χ1v) is 6.66. The molecule has 6 heteroatoms. The number of carbonyl (C=O) groups excluding carboxylic acids is 3. The number of rotatable bonds is 4. The molecule has 0 N–H and O–H groups in total. The highest BCUT2D eigenvalue weighted by Gasteiger charge is 2.36. The monoisotopic (exact) mass is 294 g/mol. The van der Waals surface area contributed by atoms with Crippen LogP contribution in [0.15, 0.2) is 18.2 Å². The Bertz CT molecular complexity index is 584. The van der Waals surface area contributed by atoms with Crippen molar-refractivity contribution in [2.24, 2.45) is 0 Å². The number of anilines is 1. The maximum Gasteiger partial charge on any atom is 0.299 e. The van der Waals surface area contributed by atoms with Gasteiger partial charge in [-0.2, -0.15) is 0 Å². The lowest BCUT2D eigenvalue weighted by atomic mass is 10.1. The molecule has 1 aromatic carbocycles. The molecule has 0 unspecified atom stereocenters. The summed E-state index contributed by atoms with van der Waals surface area (Å²) in [6, 6.07) is 4.88. The van der Waals surface area contributed by atoms with E-state index in [1.807, 2.05) is 0 Å². The lowest BCUT2D eigenvalue weighted by molar-refractivity contribution is -0.128. The maximum absolute atomic E-state index is 11.9. The van der Waals surface area contributed by atoms with Crippen LogP contribution in [0.5, 0.6) is 0 Å². The van der Waals surface area contributed by atoms with Gasteiger partial charge in [-0.05, 0) is 18.6 Å². The highest BCUT2D eigenvalue weighted by Crippen LogP contribution is 2.35. The van der Waals surface area contributed by atoms with Crippen molar-refractivity contribution in [3.8, 4) is 0 Å². The van der Waals surface area contributed by atoms with Gasteiger partial charge in [0.1, 0.15) is 0 Å². The zero-order valence-corrected chi connectivity index (χ0v) is 12.1. The third-order valence-electron chi connectivity index (χ3n) is 3.21. The van der Waals surface area contributed by atoms with Gasteiger partial charge in [-0.25, -0.2) is 0 Å². The molecular weight excluding hydrogens is 280 g/mol. The van der Waals surface area contributed by atoms with E-state index in [-0.39, 0.29) is 5.91 Å². The summed E-state index contributed by atoms with van der Waals surface area (Å²) < 4.78 is 0. The number of ketones is 1. The van der Waals surface area contributed by atoms with Crippen LogP contribution in [-0.4, -0.2) is 43.1 Å². The van der Waals surface area contributed by atoms with Gasteiger partial charge in [0.15, 0.2) is 0 Å². The van der Waals surface area contributed by atoms with Gasteiger partial charge in [-0.15, -0.1) is 0 Å². The van der Waals surface area contributed by atoms with Crippen molar-refractivity contribution in [3.63, 3.8) is 0 Å². The summed E-state index contributed by atoms with van der Waals surface area (Å²) in [6.45, 7) is 0.306. The van der Waals surface area contributed by atoms with Crippen LogP contribution in [0.3, 0.4) is 0 Å². The molecule has 0 fully saturated rings. The number of fused-ring (bicyclic) bond motifs is 1. The second-order valence-corrected chi connectivity index (χ2v) is 5.22. The van der Waals surface area contributed by atoms with Gasteiger partial charge in [0, 0.05) is 27.1 Å². The number of benzene rings is 1. The van der Waals surface area contributed by atoms with E-state index in [0.717, 1.165) is 0 Å². The molecule has 1 aromatic rings. The molecule has 0 atom stereocenters. The van der Waals surface area contributed by atoms with Crippen LogP contribution in [0.1, 0.15) is 23.2 Å². The van der Waals surface area contributed by atoms with Crippen LogP contribution in [0.25, 0.3) is 0 Å². The van der Waals surface area contributed by atoms with Crippen molar-refractivity contribution < 1.29 is 14.4 Å². The topological polar surface area (TPSA) is 57.7 Å². The summed E-state index contributed by atoms with van der Waals surface area (Å²) in [5.74, 6) is -1.13. The molecule has 1 aliphatic rings. The molecule has 2 rings (SSSR count). The molecular formula is C14H15ClN2O3. The van der Waals surface area contributed by atoms with E-state index in [2.05, 4.69) is 0 Å². The molecule has 1 heterocycles. The van der Waals surface area contributed by atoms with Crippen LogP contribution < -0.4 is 4.90 Å². The lowest BCUT2D eigenvalue weighted by Gasteiger charge is -2.18. The van der Waals surface area contributed by atoms with E-state index < -0.39 is 11.7 Å². The maximum atomic E-state index is 11.9. The van der Waals surface area contributed by atoms with Crippen molar-refractivity contribution in [2.75, 3.05) is 25.5 Å². The minimum absolute atomic E-state index is 0.0117. The first kappa shape index (κ1) is 14.5. The highest BCUT2D eigenvalue weighted by atomic mass is 35.5. The van der Waals surface area contributed by atoms with Crippen molar-refractivity contribution >= 4 is 34.9 Å². The molecule has 0 aromatic heterocycles. The Hall–Kier alpha value is -1.88. The largest absolute Gasteiger partial charge is 0.349 e. The predicted molar refractivity (Wildman–Crippen MR) is 76.1 cm³/mol. The number of halogens is 1. The van der Waals surface area contributed by atoms with Crippen molar-refractivity contribution in [2.45, 2.75) is 12.8 Å². The number of hydrogen-bond donors (Lipinski definition) is 0. The second kappa shape index (κ2) is 5.63. The fourth-order valence-electron chi connectivity index (χ4n) is 2.14. The van der Waals surface area contributed by atoms with Crippen LogP contribution >= 0.6 is 11.6 Å². The van der Waals surface area contributed by atoms with Gasteiger partial charge in [-0.3, -0.25) is 14.4 Å². The van der Waals surface area contributed by atoms with Gasteiger partial charge in [0.05, 0.1) is 16.3 Å². The van der Waals surface area contributed by atoms with Crippen molar-refractivity contribution in [3.05, 3.63) is 28.8 Å². The first-order chi connectivity index (χ1) is 9.43. The summed E-state index contributed by atoms with van der Waals surface area (Å²) >= 11 is 6.07. The van der Waals surface area contributed by atoms with Crippen LogP contribution in [0.2, 0.25) is 5.02 Å². The van der Waals surface area contributed by atoms with Gasteiger partial charge in [0.25, 0.3) is 11.7 Å². The van der Waals surface area contributed by atoms with E-state index in [4.69, 9.17) is 11.6 Å². The minimum Gasteiger partial charge on any atom is -0.349 e. The molecule has 1 aliphatic heterocycles. The average molecular weight is 295 g/mol. The van der Waals surface area contributed by atoms with Gasteiger partial charge >= 0.3 is 0 Å². The summed E-state index contributed by atoms with van der Waals surface area (Å²) in [5, 5.41) is 0.376. The lowest BCUT2D eigenvalue weighted by Crippen LogP contribution is -2.31. The number of carbonyl (C=O) groups is 3. The first-order valence-electron chi connectivity index (χ1n) is 6.28. The van der Waals surface area contributed by atoms with Gasteiger partial charge in [0.2, 0.25) is 5.91 Å². The quantitative estimate of drug-likeness (QED) is 0.795. The smallest absolute Gasteiger partial charge is 0.299 e. The molecule has 0 saturated carbocycles. The van der Waals surface area contributed by atoms with Gasteiger partial charge in [-0.1, -0.05) is 17.7 Å². The summed E-state index contributed by atoms with van der Waals surface area (Å²) in [6.07, 6.45) is 0.811. The minimum atomic E-state index is -0.578. The standard InChI is InChI=1S/C14H15ClN2O3/c1-16(2)11(18)7-4-8-17-12-9(13(19)14(17)20)5-3-6-10(12)15/h3,5-6H,4,7-8H2,1-2H3. The number of Topliss-reactive ketones (excluding diaryl/α,β-unsaturated/α-hetero) is 1. The Morgan fingerprint density at radius 1 is 1.30 bits per heavy atom. The molecule has 20 heavy (non-hydrogen) atoms. The molecule has 0 spiro atoms. The number of nitrogens with zero attached hydrogens (tertiary/aromatic N) is 2. The van der Waals surface area contributed by atoms with Gasteiger partial charge < -0.3 is 9.80 Å². The zero-order valence-electron chi connectivity index (χ0n) is 11.4. The van der Waals surface area contributed by atoms with Crippen LogP contribution in [0, 0.1) is 0 Å². The molecule has 0 radical (unpaired) electrons. The van der Waals surface area contributed by atoms with Crippen LogP contribution in [0.4, 0.5) is 5.69 Å². The normalized spacial score (nSPS) is 13.7. The average Bonchev–Trinajstić information content (AvgIpc) is 2.65. The fourth-order valence-corrected chi connectivity index (χ4v) is 2.41. The highest BCUT2D eigenvalue weighted by molar-refractivity contribution is 6.54. The Kier molecular flexibility index (Phi) is 4.09. The summed E-state index contributed by atoms with van der Waals surface area (Å²) in [7, 11) is 3.36. The van der Waals surface area contributed by atoms with E-state index in [0.29, 0.717) is 35.7 Å². The summed E-state index contributed by atoms with van der Waals surface area (Å²) in [5.41, 5.74) is 0.794. The predicted octanol–water partition coefficient (Wildman–Crippen LogP) is 1.74. The van der Waals surface area contributed by atoms with Crippen molar-refractivity contribution in [1.29, 1.82) is 0 Å². The number of amides is 2. The van der Waals surface area contributed by atoms with Crippen molar-refractivity contribution in [1.82, 2.24) is 4.90 Å². The molecule has 106 valence electrons. The number of hydrogen-bond acceptors (Lipinski definition) is 3. The fraction of sp³-hybridized carbons (Fsp3) is 0.357. The third kappa shape index (κ3) is 2.54. The van der Waals surface area contributed by atoms with Crippen LogP contribution in [-0.2, 0) is 9.59 Å². The molecule has 2 amide bonds. The molecule has 0 saturated heterocycles. The van der Waals surface area contributed by atoms with E-state index in [1.54, 1.807) is 32.3 Å².